The number of likely N-dealkylation sites (tertiary alicyclic amines) is 1. The van der Waals surface area contributed by atoms with Crippen LogP contribution in [0.4, 0.5) is 0 Å². The molecule has 0 aromatic heterocycles. The first-order valence-corrected chi connectivity index (χ1v) is 9.23. The normalized spacial score (nSPS) is 31.6. The highest BCUT2D eigenvalue weighted by Gasteiger charge is 2.58. The molecule has 5 unspecified atom stereocenters. The summed E-state index contributed by atoms with van der Waals surface area (Å²) in [6, 6.07) is 0. The Labute approximate surface area is 148 Å². The van der Waals surface area contributed by atoms with Gasteiger partial charge in [0.25, 0.3) is 0 Å². The minimum absolute atomic E-state index is 0.00973. The van der Waals surface area contributed by atoms with Gasteiger partial charge < -0.3 is 15.7 Å². The minimum atomic E-state index is -0.130. The maximum atomic E-state index is 12.6. The van der Waals surface area contributed by atoms with Crippen LogP contribution >= 0.6 is 0 Å². The fourth-order valence-electron chi connectivity index (χ4n) is 4.12. The Morgan fingerprint density at radius 2 is 1.92 bits per heavy atom. The predicted octanol–water partition coefficient (Wildman–Crippen LogP) is -0.0230. The number of fused-ring (bicyclic) bond motifs is 5. The smallest absolute Gasteiger partial charge is 0.233 e. The lowest BCUT2D eigenvalue weighted by Crippen LogP contribution is -2.43. The molecule has 7 heteroatoms. The number of carbonyl (C=O) groups is 2. The van der Waals surface area contributed by atoms with E-state index in [0.29, 0.717) is 25.6 Å². The Morgan fingerprint density at radius 3 is 2.48 bits per heavy atom. The van der Waals surface area contributed by atoms with Crippen molar-refractivity contribution in [2.24, 2.45) is 34.6 Å². The van der Waals surface area contributed by atoms with Crippen LogP contribution in [0.5, 0.6) is 0 Å². The number of hydrogen-bond acceptors (Lipinski definition) is 4. The summed E-state index contributed by atoms with van der Waals surface area (Å²) in [5, 5.41) is 15.4. The minimum Gasteiger partial charge on any atom is -0.396 e. The largest absolute Gasteiger partial charge is 0.396 e. The number of aliphatic imine (C=N–C) groups is 1. The summed E-state index contributed by atoms with van der Waals surface area (Å²) in [7, 11) is 0. The van der Waals surface area contributed by atoms with Crippen molar-refractivity contribution in [2.45, 2.75) is 20.3 Å². The van der Waals surface area contributed by atoms with Gasteiger partial charge in [-0.25, -0.2) is 0 Å². The van der Waals surface area contributed by atoms with E-state index in [0.717, 1.165) is 13.0 Å². The van der Waals surface area contributed by atoms with Gasteiger partial charge in [-0.05, 0) is 31.1 Å². The number of carbonyl (C=O) groups excluding carboxylic acids is 2. The van der Waals surface area contributed by atoms with Crippen LogP contribution in [-0.2, 0) is 9.59 Å². The molecule has 0 aromatic carbocycles. The second-order valence-electron chi connectivity index (χ2n) is 7.26. The molecule has 2 bridgehead atoms. The molecule has 3 rings (SSSR count). The van der Waals surface area contributed by atoms with E-state index in [9.17, 15) is 9.59 Å². The zero-order valence-corrected chi connectivity index (χ0v) is 14.9. The number of guanidine groups is 1. The third kappa shape index (κ3) is 3.42. The number of nitrogens with one attached hydrogen (secondary N) is 2. The van der Waals surface area contributed by atoms with Gasteiger partial charge in [-0.2, -0.15) is 0 Å². The summed E-state index contributed by atoms with van der Waals surface area (Å²) in [4.78, 5) is 31.1. The lowest BCUT2D eigenvalue weighted by Gasteiger charge is -2.18. The van der Waals surface area contributed by atoms with Crippen molar-refractivity contribution in [3.63, 3.8) is 0 Å². The van der Waals surface area contributed by atoms with Crippen LogP contribution in [0.1, 0.15) is 20.3 Å². The van der Waals surface area contributed by atoms with Crippen LogP contribution in [0.3, 0.4) is 0 Å². The first kappa shape index (κ1) is 17.9. The summed E-state index contributed by atoms with van der Waals surface area (Å²) >= 11 is 0. The summed E-state index contributed by atoms with van der Waals surface area (Å²) < 4.78 is 0. The van der Waals surface area contributed by atoms with Crippen molar-refractivity contribution < 1.29 is 14.7 Å². The molecule has 2 amide bonds. The Morgan fingerprint density at radius 1 is 1.28 bits per heavy atom. The van der Waals surface area contributed by atoms with Crippen LogP contribution in [0.2, 0.25) is 0 Å². The number of aliphatic hydroxyl groups excluding tert-OH is 1. The molecule has 2 aliphatic carbocycles. The molecule has 5 atom stereocenters. The van der Waals surface area contributed by atoms with E-state index in [1.54, 1.807) is 0 Å². The highest BCUT2D eigenvalue weighted by molar-refractivity contribution is 6.06. The Kier molecular flexibility index (Phi) is 5.42. The second kappa shape index (κ2) is 7.56. The van der Waals surface area contributed by atoms with Gasteiger partial charge in [-0.3, -0.25) is 19.5 Å². The molecule has 1 saturated carbocycles. The van der Waals surface area contributed by atoms with E-state index in [2.05, 4.69) is 27.8 Å². The number of allylic oxidation sites excluding steroid dienone is 2. The van der Waals surface area contributed by atoms with Gasteiger partial charge in [0.1, 0.15) is 0 Å². The zero-order valence-electron chi connectivity index (χ0n) is 14.9. The molecule has 2 fully saturated rings. The van der Waals surface area contributed by atoms with Crippen molar-refractivity contribution >= 4 is 17.8 Å². The van der Waals surface area contributed by atoms with Crippen LogP contribution in [-0.4, -0.2) is 60.6 Å². The monoisotopic (exact) mass is 348 g/mol. The summed E-state index contributed by atoms with van der Waals surface area (Å²) in [5.74, 6) is 0.966. The third-order valence-electron chi connectivity index (χ3n) is 5.41. The topological polar surface area (TPSA) is 94.0 Å². The number of hydrogen-bond donors (Lipinski definition) is 3. The first-order valence-electron chi connectivity index (χ1n) is 9.23. The van der Waals surface area contributed by atoms with Gasteiger partial charge in [0, 0.05) is 32.8 Å². The summed E-state index contributed by atoms with van der Waals surface area (Å²) in [6.07, 6.45) is 5.17. The molecule has 3 N–H and O–H groups in total. The fourth-order valence-corrected chi connectivity index (χ4v) is 4.12. The number of amides is 2. The van der Waals surface area contributed by atoms with E-state index in [1.165, 1.54) is 4.90 Å². The lowest BCUT2D eigenvalue weighted by atomic mass is 9.85. The van der Waals surface area contributed by atoms with Crippen LogP contribution in [0, 0.1) is 29.6 Å². The van der Waals surface area contributed by atoms with Gasteiger partial charge >= 0.3 is 0 Å². The molecule has 1 aliphatic heterocycles. The van der Waals surface area contributed by atoms with Crippen molar-refractivity contribution in [3.05, 3.63) is 12.2 Å². The fraction of sp³-hybridized carbons (Fsp3) is 0.722. The van der Waals surface area contributed by atoms with Crippen LogP contribution < -0.4 is 10.6 Å². The number of nitrogens with zero attached hydrogens (tertiary/aromatic N) is 2. The Hall–Kier alpha value is -1.89. The molecule has 0 aromatic rings. The summed E-state index contributed by atoms with van der Waals surface area (Å²) in [6.45, 7) is 6.08. The molecule has 0 radical (unpaired) electrons. The van der Waals surface area contributed by atoms with E-state index in [-0.39, 0.29) is 48.0 Å². The molecular formula is C18H28N4O3. The highest BCUT2D eigenvalue weighted by atomic mass is 16.3. The maximum absolute atomic E-state index is 12.6. The second-order valence-corrected chi connectivity index (χ2v) is 7.26. The molecule has 25 heavy (non-hydrogen) atoms. The van der Waals surface area contributed by atoms with Gasteiger partial charge in [0.05, 0.1) is 11.8 Å². The average molecular weight is 348 g/mol. The quantitative estimate of drug-likeness (QED) is 0.260. The van der Waals surface area contributed by atoms with Crippen molar-refractivity contribution in [1.82, 2.24) is 15.5 Å². The van der Waals surface area contributed by atoms with Gasteiger partial charge in [0.15, 0.2) is 5.96 Å². The molecule has 1 saturated heterocycles. The van der Waals surface area contributed by atoms with Crippen LogP contribution in [0.25, 0.3) is 0 Å². The van der Waals surface area contributed by atoms with E-state index in [4.69, 9.17) is 5.11 Å². The van der Waals surface area contributed by atoms with Gasteiger partial charge in [0.2, 0.25) is 11.8 Å². The van der Waals surface area contributed by atoms with E-state index < -0.39 is 0 Å². The SMILES string of the molecule is CCNC(=NCC(C)CO)NCCN1C(=O)C2C3C=CC(C3)C2C1=O. The molecular weight excluding hydrogens is 320 g/mol. The van der Waals surface area contributed by atoms with Crippen molar-refractivity contribution in [1.29, 1.82) is 0 Å². The first-order chi connectivity index (χ1) is 12.1. The maximum Gasteiger partial charge on any atom is 0.233 e. The third-order valence-corrected chi connectivity index (χ3v) is 5.41. The molecule has 3 aliphatic rings. The molecule has 1 heterocycles. The van der Waals surface area contributed by atoms with Crippen molar-refractivity contribution in [2.75, 3.05) is 32.8 Å². The number of aliphatic hydroxyl groups is 1. The number of imide groups is 1. The Bertz CT molecular complexity index is 559. The van der Waals surface area contributed by atoms with Gasteiger partial charge in [-0.1, -0.05) is 19.1 Å². The van der Waals surface area contributed by atoms with E-state index >= 15 is 0 Å². The summed E-state index contributed by atoms with van der Waals surface area (Å²) in [5.41, 5.74) is 0. The Balaban J connectivity index is 1.53. The molecule has 0 spiro atoms. The van der Waals surface area contributed by atoms with Crippen molar-refractivity contribution in [3.8, 4) is 0 Å². The van der Waals surface area contributed by atoms with Gasteiger partial charge in [-0.15, -0.1) is 0 Å². The van der Waals surface area contributed by atoms with Crippen LogP contribution in [0.15, 0.2) is 17.1 Å². The van der Waals surface area contributed by atoms with E-state index in [1.807, 2.05) is 13.8 Å². The number of rotatable bonds is 7. The standard InChI is InChI=1S/C18H28N4O3/c1-3-19-18(21-9-11(2)10-23)20-6-7-22-16(24)14-12-4-5-13(8-12)15(14)17(22)25/h4-5,11-15,23H,3,6-10H2,1-2H3,(H2,19,20,21). The lowest BCUT2D eigenvalue weighted by molar-refractivity contribution is -0.140. The zero-order chi connectivity index (χ0) is 18.0. The predicted molar refractivity (Wildman–Crippen MR) is 94.7 cm³/mol. The molecule has 138 valence electrons. The highest BCUT2D eigenvalue weighted by Crippen LogP contribution is 2.52. The molecule has 7 nitrogen and oxygen atoms in total. The average Bonchev–Trinajstić information content (AvgIpc) is 3.28.